The second kappa shape index (κ2) is 9.09. The number of anilines is 1. The smallest absolute Gasteiger partial charge is 0.335 e. The van der Waals surface area contributed by atoms with E-state index >= 15 is 0 Å². The Morgan fingerprint density at radius 2 is 1.63 bits per heavy atom. The van der Waals surface area contributed by atoms with Gasteiger partial charge in [-0.05, 0) is 43.3 Å². The Hall–Kier alpha value is -3.00. The van der Waals surface area contributed by atoms with Gasteiger partial charge in [0.15, 0.2) is 0 Å². The molecule has 2 N–H and O–H groups in total. The second-order valence-electron chi connectivity index (χ2n) is 6.37. The molecule has 1 aromatic carbocycles. The summed E-state index contributed by atoms with van der Waals surface area (Å²) in [5.41, 5.74) is 0.642. The first-order valence-corrected chi connectivity index (χ1v) is 8.99. The van der Waals surface area contributed by atoms with Crippen LogP contribution in [0.5, 0.6) is 0 Å². The van der Waals surface area contributed by atoms with Gasteiger partial charge in [0.25, 0.3) is 5.91 Å². The van der Waals surface area contributed by atoms with E-state index in [0.717, 1.165) is 45.1 Å². The van der Waals surface area contributed by atoms with Crippen molar-refractivity contribution >= 4 is 17.8 Å². The molecule has 0 bridgehead atoms. The number of hydrogen-bond acceptors (Lipinski definition) is 6. The summed E-state index contributed by atoms with van der Waals surface area (Å²) >= 11 is 0. The fraction of sp³-hybridized carbons (Fsp3) is 0.368. The summed E-state index contributed by atoms with van der Waals surface area (Å²) in [5, 5.41) is 11.8. The van der Waals surface area contributed by atoms with Crippen LogP contribution in [0, 0.1) is 0 Å². The molecule has 1 amide bonds. The van der Waals surface area contributed by atoms with Crippen molar-refractivity contribution in [1.29, 1.82) is 0 Å². The van der Waals surface area contributed by atoms with Crippen molar-refractivity contribution in [2.45, 2.75) is 6.42 Å². The van der Waals surface area contributed by atoms with Crippen molar-refractivity contribution in [3.8, 4) is 0 Å². The number of carbonyl (C=O) groups excluding carboxylic acids is 1. The zero-order valence-electron chi connectivity index (χ0n) is 15.0. The normalized spacial score (nSPS) is 14.7. The van der Waals surface area contributed by atoms with E-state index in [-0.39, 0.29) is 11.5 Å². The molecule has 8 heteroatoms. The van der Waals surface area contributed by atoms with Crippen LogP contribution in [-0.4, -0.2) is 71.1 Å². The number of carboxylic acids is 1. The van der Waals surface area contributed by atoms with Crippen molar-refractivity contribution in [3.05, 3.63) is 53.9 Å². The molecule has 0 unspecified atom stereocenters. The molecule has 1 fully saturated rings. The fourth-order valence-corrected chi connectivity index (χ4v) is 3.00. The first-order valence-electron chi connectivity index (χ1n) is 8.99. The maximum Gasteiger partial charge on any atom is 0.335 e. The minimum atomic E-state index is -0.999. The lowest BCUT2D eigenvalue weighted by Gasteiger charge is -2.34. The Morgan fingerprint density at radius 3 is 2.26 bits per heavy atom. The third-order valence-electron chi connectivity index (χ3n) is 4.54. The van der Waals surface area contributed by atoms with Crippen molar-refractivity contribution < 1.29 is 14.7 Å². The third-order valence-corrected chi connectivity index (χ3v) is 4.54. The minimum absolute atomic E-state index is 0.173. The molecule has 0 aliphatic carbocycles. The molecule has 1 aliphatic heterocycles. The number of aromatic carboxylic acids is 1. The zero-order valence-corrected chi connectivity index (χ0v) is 15.0. The fourth-order valence-electron chi connectivity index (χ4n) is 3.00. The van der Waals surface area contributed by atoms with E-state index in [2.05, 4.69) is 25.1 Å². The summed E-state index contributed by atoms with van der Waals surface area (Å²) in [7, 11) is 0. The third kappa shape index (κ3) is 5.24. The zero-order chi connectivity index (χ0) is 19.1. The number of benzene rings is 1. The van der Waals surface area contributed by atoms with Gasteiger partial charge in [-0.3, -0.25) is 9.69 Å². The number of hydrogen-bond donors (Lipinski definition) is 2. The molecule has 3 rings (SSSR count). The molecule has 0 atom stereocenters. The molecule has 8 nitrogen and oxygen atoms in total. The quantitative estimate of drug-likeness (QED) is 0.706. The van der Waals surface area contributed by atoms with Crippen molar-refractivity contribution in [3.63, 3.8) is 0 Å². The average Bonchev–Trinajstić information content (AvgIpc) is 2.72. The van der Waals surface area contributed by atoms with Gasteiger partial charge in [-0.25, -0.2) is 14.8 Å². The largest absolute Gasteiger partial charge is 0.478 e. The van der Waals surface area contributed by atoms with Gasteiger partial charge in [-0.2, -0.15) is 0 Å². The van der Waals surface area contributed by atoms with E-state index in [1.54, 1.807) is 12.4 Å². The highest BCUT2D eigenvalue weighted by Gasteiger charge is 2.18. The lowest BCUT2D eigenvalue weighted by atomic mass is 10.1. The maximum atomic E-state index is 12.1. The van der Waals surface area contributed by atoms with Crippen LogP contribution >= 0.6 is 0 Å². The Balaban J connectivity index is 1.34. The Labute approximate surface area is 157 Å². The molecular formula is C19H23N5O3. The molecule has 2 heterocycles. The Kier molecular flexibility index (Phi) is 6.32. The first-order chi connectivity index (χ1) is 13.1. The van der Waals surface area contributed by atoms with Gasteiger partial charge in [0.05, 0.1) is 5.56 Å². The molecule has 142 valence electrons. The number of carbonyl (C=O) groups is 2. The summed E-state index contributed by atoms with van der Waals surface area (Å²) in [6.07, 6.45) is 4.37. The number of carboxylic acid groups (broad SMARTS) is 1. The van der Waals surface area contributed by atoms with Crippen LogP contribution in [-0.2, 0) is 0 Å². The predicted molar refractivity (Wildman–Crippen MR) is 101 cm³/mol. The van der Waals surface area contributed by atoms with Crippen molar-refractivity contribution in [2.75, 3.05) is 44.2 Å². The van der Waals surface area contributed by atoms with Crippen molar-refractivity contribution in [1.82, 2.24) is 20.2 Å². The van der Waals surface area contributed by atoms with Crippen LogP contribution in [0.15, 0.2) is 42.7 Å². The topological polar surface area (TPSA) is 98.7 Å². The highest BCUT2D eigenvalue weighted by Crippen LogP contribution is 2.10. The van der Waals surface area contributed by atoms with Crippen LogP contribution in [0.3, 0.4) is 0 Å². The van der Waals surface area contributed by atoms with Gasteiger partial charge in [0, 0.05) is 50.7 Å². The van der Waals surface area contributed by atoms with E-state index in [9.17, 15) is 9.59 Å². The van der Waals surface area contributed by atoms with Crippen molar-refractivity contribution in [2.24, 2.45) is 0 Å². The van der Waals surface area contributed by atoms with E-state index in [1.807, 2.05) is 6.07 Å². The van der Waals surface area contributed by atoms with Gasteiger partial charge in [0.2, 0.25) is 5.95 Å². The lowest BCUT2D eigenvalue weighted by molar-refractivity contribution is 0.0696. The molecule has 1 aromatic heterocycles. The van der Waals surface area contributed by atoms with E-state index in [1.165, 1.54) is 24.3 Å². The number of nitrogens with zero attached hydrogens (tertiary/aromatic N) is 4. The number of rotatable bonds is 7. The summed E-state index contributed by atoms with van der Waals surface area (Å²) in [5.74, 6) is -0.405. The maximum absolute atomic E-state index is 12.1. The molecule has 0 saturated carbocycles. The van der Waals surface area contributed by atoms with Gasteiger partial charge >= 0.3 is 5.97 Å². The molecule has 2 aromatic rings. The van der Waals surface area contributed by atoms with E-state index < -0.39 is 5.97 Å². The highest BCUT2D eigenvalue weighted by molar-refractivity contribution is 5.95. The monoisotopic (exact) mass is 369 g/mol. The van der Waals surface area contributed by atoms with Gasteiger partial charge in [-0.15, -0.1) is 0 Å². The van der Waals surface area contributed by atoms with E-state index in [4.69, 9.17) is 5.11 Å². The molecule has 0 spiro atoms. The molecule has 1 saturated heterocycles. The lowest BCUT2D eigenvalue weighted by Crippen LogP contribution is -2.47. The molecular weight excluding hydrogens is 346 g/mol. The molecule has 0 radical (unpaired) electrons. The SMILES string of the molecule is O=C(O)c1ccc(C(=O)NCCCN2CCN(c3ncccn3)CC2)cc1. The van der Waals surface area contributed by atoms with Crippen LogP contribution in [0.2, 0.25) is 0 Å². The molecule has 27 heavy (non-hydrogen) atoms. The second-order valence-corrected chi connectivity index (χ2v) is 6.37. The summed E-state index contributed by atoms with van der Waals surface area (Å²) in [4.78, 5) is 36.0. The number of aromatic nitrogens is 2. The Morgan fingerprint density at radius 1 is 1.00 bits per heavy atom. The van der Waals surface area contributed by atoms with Gasteiger partial charge < -0.3 is 15.3 Å². The number of amides is 1. The van der Waals surface area contributed by atoms with E-state index in [0.29, 0.717) is 12.1 Å². The Bertz CT molecular complexity index is 759. The van der Waals surface area contributed by atoms with Crippen LogP contribution in [0.1, 0.15) is 27.1 Å². The standard InChI is InChI=1S/C19H23N5O3/c25-17(15-3-5-16(6-4-15)18(26)27)20-9-2-10-23-11-13-24(14-12-23)19-21-7-1-8-22-19/h1,3-8H,2,9-14H2,(H,20,25)(H,26,27). The van der Waals surface area contributed by atoms with Gasteiger partial charge in [0.1, 0.15) is 0 Å². The summed E-state index contributed by atoms with van der Waals surface area (Å²) in [6.45, 7) is 5.19. The van der Waals surface area contributed by atoms with Crippen LogP contribution in [0.25, 0.3) is 0 Å². The predicted octanol–water partition coefficient (Wildman–Crippen LogP) is 1.12. The number of nitrogens with one attached hydrogen (secondary N) is 1. The highest BCUT2D eigenvalue weighted by atomic mass is 16.4. The van der Waals surface area contributed by atoms with Gasteiger partial charge in [-0.1, -0.05) is 0 Å². The molecule has 1 aliphatic rings. The average molecular weight is 369 g/mol. The summed E-state index contributed by atoms with van der Waals surface area (Å²) < 4.78 is 0. The summed E-state index contributed by atoms with van der Waals surface area (Å²) in [6, 6.07) is 7.75. The van der Waals surface area contributed by atoms with Crippen LogP contribution in [0.4, 0.5) is 5.95 Å². The van der Waals surface area contributed by atoms with Crippen LogP contribution < -0.4 is 10.2 Å². The number of piperazine rings is 1. The minimum Gasteiger partial charge on any atom is -0.478 e. The first kappa shape index (κ1) is 18.8.